The SMILES string of the molecule is CCCC(C=O)S(N)(=O)=O. The molecule has 0 fully saturated rings. The maximum atomic E-state index is 10.5. The third-order valence-corrected chi connectivity index (χ3v) is 2.34. The van der Waals surface area contributed by atoms with Crippen molar-refractivity contribution in [3.63, 3.8) is 0 Å². The van der Waals surface area contributed by atoms with Crippen LogP contribution in [0.4, 0.5) is 0 Å². The summed E-state index contributed by atoms with van der Waals surface area (Å²) in [6, 6.07) is 0. The van der Waals surface area contributed by atoms with E-state index in [1.54, 1.807) is 6.92 Å². The number of carbonyl (C=O) groups excluding carboxylic acids is 1. The van der Waals surface area contributed by atoms with Gasteiger partial charge in [-0.1, -0.05) is 13.3 Å². The van der Waals surface area contributed by atoms with Crippen LogP contribution in [0.2, 0.25) is 0 Å². The van der Waals surface area contributed by atoms with Crippen molar-refractivity contribution in [2.75, 3.05) is 0 Å². The topological polar surface area (TPSA) is 77.2 Å². The molecule has 0 aromatic heterocycles. The minimum absolute atomic E-state index is 0.308. The number of aldehydes is 1. The van der Waals surface area contributed by atoms with E-state index in [0.29, 0.717) is 19.1 Å². The van der Waals surface area contributed by atoms with Gasteiger partial charge in [0.25, 0.3) is 0 Å². The highest BCUT2D eigenvalue weighted by Crippen LogP contribution is 2.00. The van der Waals surface area contributed by atoms with Gasteiger partial charge in [0, 0.05) is 0 Å². The van der Waals surface area contributed by atoms with E-state index in [-0.39, 0.29) is 0 Å². The van der Waals surface area contributed by atoms with E-state index in [0.717, 1.165) is 0 Å². The quantitative estimate of drug-likeness (QED) is 0.578. The van der Waals surface area contributed by atoms with Crippen LogP contribution in [0.15, 0.2) is 0 Å². The van der Waals surface area contributed by atoms with Crippen LogP contribution < -0.4 is 5.14 Å². The molecule has 0 radical (unpaired) electrons. The molecule has 10 heavy (non-hydrogen) atoms. The molecule has 0 saturated carbocycles. The number of hydrogen-bond acceptors (Lipinski definition) is 3. The van der Waals surface area contributed by atoms with Crippen molar-refractivity contribution in [1.82, 2.24) is 0 Å². The van der Waals surface area contributed by atoms with E-state index in [4.69, 9.17) is 5.14 Å². The van der Waals surface area contributed by atoms with Crippen LogP contribution in [-0.4, -0.2) is 20.0 Å². The lowest BCUT2D eigenvalue weighted by atomic mass is 10.3. The van der Waals surface area contributed by atoms with Crippen molar-refractivity contribution in [2.45, 2.75) is 25.0 Å². The molecule has 0 aliphatic carbocycles. The molecule has 0 aromatic rings. The zero-order valence-corrected chi connectivity index (χ0v) is 6.60. The van der Waals surface area contributed by atoms with Crippen molar-refractivity contribution >= 4 is 16.3 Å². The van der Waals surface area contributed by atoms with Crippen LogP contribution in [0.1, 0.15) is 19.8 Å². The molecule has 1 unspecified atom stereocenters. The van der Waals surface area contributed by atoms with Crippen LogP contribution >= 0.6 is 0 Å². The Bertz CT molecular complexity index is 197. The molecule has 0 rings (SSSR count). The summed E-state index contributed by atoms with van der Waals surface area (Å²) in [6.45, 7) is 1.79. The average molecular weight is 165 g/mol. The number of carbonyl (C=O) groups is 1. The van der Waals surface area contributed by atoms with Gasteiger partial charge in [-0.25, -0.2) is 13.6 Å². The van der Waals surface area contributed by atoms with Crippen molar-refractivity contribution < 1.29 is 13.2 Å². The summed E-state index contributed by atoms with van der Waals surface area (Å²) in [4.78, 5) is 10.1. The van der Waals surface area contributed by atoms with Gasteiger partial charge >= 0.3 is 0 Å². The van der Waals surface area contributed by atoms with Crippen LogP contribution in [0, 0.1) is 0 Å². The largest absolute Gasteiger partial charge is 0.302 e. The predicted molar refractivity (Wildman–Crippen MR) is 37.9 cm³/mol. The Labute approximate surface area is 60.5 Å². The number of nitrogens with two attached hydrogens (primary N) is 1. The molecular formula is C5H11NO3S. The van der Waals surface area contributed by atoms with E-state index in [9.17, 15) is 13.2 Å². The normalized spacial score (nSPS) is 14.6. The number of hydrogen-bond donors (Lipinski definition) is 1. The van der Waals surface area contributed by atoms with Crippen LogP contribution in [0.5, 0.6) is 0 Å². The maximum Gasteiger partial charge on any atom is 0.218 e. The molecular weight excluding hydrogens is 154 g/mol. The Morgan fingerprint density at radius 3 is 2.20 bits per heavy atom. The van der Waals surface area contributed by atoms with Gasteiger partial charge in [0.05, 0.1) is 0 Å². The van der Waals surface area contributed by atoms with Gasteiger partial charge in [0.2, 0.25) is 10.0 Å². The maximum absolute atomic E-state index is 10.5. The minimum Gasteiger partial charge on any atom is -0.302 e. The zero-order chi connectivity index (χ0) is 8.20. The van der Waals surface area contributed by atoms with Crippen molar-refractivity contribution in [1.29, 1.82) is 0 Å². The van der Waals surface area contributed by atoms with Gasteiger partial charge < -0.3 is 4.79 Å². The Morgan fingerprint density at radius 1 is 1.60 bits per heavy atom. The summed E-state index contributed by atoms with van der Waals surface area (Å²) in [6.07, 6.45) is 1.32. The second-order valence-corrected chi connectivity index (χ2v) is 3.84. The molecule has 0 heterocycles. The fourth-order valence-electron chi connectivity index (χ4n) is 0.594. The molecule has 0 amide bonds. The summed E-state index contributed by atoms with van der Waals surface area (Å²) in [7, 11) is -3.65. The highest BCUT2D eigenvalue weighted by atomic mass is 32.2. The van der Waals surface area contributed by atoms with Crippen molar-refractivity contribution in [3.05, 3.63) is 0 Å². The second-order valence-electron chi connectivity index (χ2n) is 2.05. The van der Waals surface area contributed by atoms with Crippen molar-refractivity contribution in [2.24, 2.45) is 5.14 Å². The van der Waals surface area contributed by atoms with Gasteiger partial charge in [-0.2, -0.15) is 0 Å². The molecule has 1 atom stereocenters. The zero-order valence-electron chi connectivity index (χ0n) is 5.78. The van der Waals surface area contributed by atoms with Gasteiger partial charge in [0.1, 0.15) is 11.5 Å². The Morgan fingerprint density at radius 2 is 2.10 bits per heavy atom. The summed E-state index contributed by atoms with van der Waals surface area (Å²) >= 11 is 0. The minimum atomic E-state index is -3.65. The molecule has 5 heteroatoms. The van der Waals surface area contributed by atoms with Crippen LogP contribution in [0.3, 0.4) is 0 Å². The number of rotatable bonds is 4. The summed E-state index contributed by atoms with van der Waals surface area (Å²) in [5.74, 6) is 0. The van der Waals surface area contributed by atoms with E-state index in [1.165, 1.54) is 0 Å². The van der Waals surface area contributed by atoms with Gasteiger partial charge in [-0.3, -0.25) is 0 Å². The van der Waals surface area contributed by atoms with Gasteiger partial charge in [-0.15, -0.1) is 0 Å². The Balaban J connectivity index is 4.22. The van der Waals surface area contributed by atoms with Gasteiger partial charge in [-0.05, 0) is 6.42 Å². The van der Waals surface area contributed by atoms with Gasteiger partial charge in [0.15, 0.2) is 0 Å². The first-order chi connectivity index (χ1) is 4.52. The van der Waals surface area contributed by atoms with E-state index < -0.39 is 15.3 Å². The monoisotopic (exact) mass is 165 g/mol. The molecule has 0 saturated heterocycles. The highest BCUT2D eigenvalue weighted by molar-refractivity contribution is 7.90. The second kappa shape index (κ2) is 3.68. The fourth-order valence-corrected chi connectivity index (χ4v) is 1.31. The first kappa shape index (κ1) is 9.58. The third kappa shape index (κ3) is 2.93. The van der Waals surface area contributed by atoms with Crippen LogP contribution in [0.25, 0.3) is 0 Å². The van der Waals surface area contributed by atoms with E-state index >= 15 is 0 Å². The summed E-state index contributed by atoms with van der Waals surface area (Å²) < 4.78 is 21.0. The smallest absolute Gasteiger partial charge is 0.218 e. The molecule has 0 aliphatic rings. The molecule has 2 N–H and O–H groups in total. The Kier molecular flexibility index (Phi) is 3.52. The molecule has 0 spiro atoms. The first-order valence-corrected chi connectivity index (χ1v) is 4.60. The Hall–Kier alpha value is -0.420. The third-order valence-electron chi connectivity index (χ3n) is 1.15. The van der Waals surface area contributed by atoms with Crippen molar-refractivity contribution in [3.8, 4) is 0 Å². The molecule has 4 nitrogen and oxygen atoms in total. The van der Waals surface area contributed by atoms with E-state index in [2.05, 4.69) is 0 Å². The number of primary sulfonamides is 1. The molecule has 0 aromatic carbocycles. The lowest BCUT2D eigenvalue weighted by molar-refractivity contribution is -0.107. The highest BCUT2D eigenvalue weighted by Gasteiger charge is 2.18. The predicted octanol–water partition coefficient (Wildman–Crippen LogP) is -0.357. The first-order valence-electron chi connectivity index (χ1n) is 2.99. The fraction of sp³-hybridized carbons (Fsp3) is 0.800. The van der Waals surface area contributed by atoms with E-state index in [1.807, 2.05) is 0 Å². The molecule has 0 aliphatic heterocycles. The lowest BCUT2D eigenvalue weighted by Crippen LogP contribution is -2.29. The summed E-state index contributed by atoms with van der Waals surface area (Å²) in [5, 5.41) is 3.70. The number of sulfonamides is 1. The average Bonchev–Trinajstić information content (AvgIpc) is 1.80. The standard InChI is InChI=1S/C5H11NO3S/c1-2-3-5(4-7)10(6,8)9/h4-5H,2-3H2,1H3,(H2,6,8,9). The van der Waals surface area contributed by atoms with Crippen LogP contribution in [-0.2, 0) is 14.8 Å². The summed E-state index contributed by atoms with van der Waals surface area (Å²) in [5.41, 5.74) is 0. The molecule has 0 bridgehead atoms. The lowest BCUT2D eigenvalue weighted by Gasteiger charge is -2.03. The molecule has 60 valence electrons.